The molecule has 0 saturated carbocycles. The van der Waals surface area contributed by atoms with E-state index in [4.69, 9.17) is 39.5 Å². The molecule has 1 aromatic heterocycles. The number of anilines is 1. The number of benzene rings is 1. The van der Waals surface area contributed by atoms with Crippen LogP contribution < -0.4 is 10.0 Å². The molecular weight excluding hydrogens is 539 g/mol. The molecule has 4 N–H and O–H groups in total. The van der Waals surface area contributed by atoms with E-state index >= 15 is 0 Å². The van der Waals surface area contributed by atoms with Crippen molar-refractivity contribution < 1.29 is 33.0 Å². The maximum absolute atomic E-state index is 12.9. The standard InChI is InChI=1S/C19H21Cl3N2O7S2/c1-19(2,3)31-18(28)23-8-4-5-9-11(7-6-10(13(9)25)17(26)27)24-33(29,30)14-12(20)15(21)32-16(14)22/h6-7,24-25H,4-5,8H2,1-3H3,(H,23,28)(H,26,27). The second kappa shape index (κ2) is 10.6. The third-order valence-electron chi connectivity index (χ3n) is 4.03. The highest BCUT2D eigenvalue weighted by atomic mass is 35.5. The second-order valence-electron chi connectivity index (χ2n) is 7.72. The SMILES string of the molecule is CC(C)(C)OC(=O)NCCCc1c(NS(=O)(=O)c2c(Cl)sc(Cl)c2Cl)ccc(C(=O)O)c1O. The lowest BCUT2D eigenvalue weighted by Gasteiger charge is -2.20. The molecule has 0 bridgehead atoms. The molecule has 1 amide bonds. The Morgan fingerprint density at radius 3 is 2.30 bits per heavy atom. The molecule has 0 fully saturated rings. The highest BCUT2D eigenvalue weighted by Crippen LogP contribution is 2.44. The monoisotopic (exact) mass is 558 g/mol. The van der Waals surface area contributed by atoms with Crippen molar-refractivity contribution in [2.24, 2.45) is 0 Å². The van der Waals surface area contributed by atoms with Crippen LogP contribution in [0.1, 0.15) is 43.1 Å². The Morgan fingerprint density at radius 1 is 1.15 bits per heavy atom. The van der Waals surface area contributed by atoms with Gasteiger partial charge in [0.25, 0.3) is 10.0 Å². The van der Waals surface area contributed by atoms with Gasteiger partial charge >= 0.3 is 12.1 Å². The molecule has 0 atom stereocenters. The molecule has 1 aromatic carbocycles. The molecule has 0 radical (unpaired) electrons. The van der Waals surface area contributed by atoms with Crippen molar-refractivity contribution >= 4 is 73.9 Å². The summed E-state index contributed by atoms with van der Waals surface area (Å²) >= 11 is 18.6. The summed E-state index contributed by atoms with van der Waals surface area (Å²) in [5.41, 5.74) is -1.17. The van der Waals surface area contributed by atoms with E-state index in [1.165, 1.54) is 6.07 Å². The number of hydrogen-bond donors (Lipinski definition) is 4. The van der Waals surface area contributed by atoms with Crippen LogP contribution in [0.5, 0.6) is 5.75 Å². The van der Waals surface area contributed by atoms with Gasteiger partial charge in [-0.25, -0.2) is 18.0 Å². The summed E-state index contributed by atoms with van der Waals surface area (Å²) in [6.07, 6.45) is -0.395. The number of ether oxygens (including phenoxy) is 1. The van der Waals surface area contributed by atoms with Crippen LogP contribution in [0.25, 0.3) is 0 Å². The van der Waals surface area contributed by atoms with Crippen molar-refractivity contribution in [3.05, 3.63) is 37.0 Å². The third kappa shape index (κ3) is 7.03. The predicted octanol–water partition coefficient (Wildman–Crippen LogP) is 5.37. The van der Waals surface area contributed by atoms with Gasteiger partial charge in [-0.1, -0.05) is 34.8 Å². The fourth-order valence-electron chi connectivity index (χ4n) is 2.69. The minimum Gasteiger partial charge on any atom is -0.507 e. The maximum atomic E-state index is 12.9. The van der Waals surface area contributed by atoms with Crippen LogP contribution in [-0.2, 0) is 21.2 Å². The summed E-state index contributed by atoms with van der Waals surface area (Å²) in [6.45, 7) is 5.24. The zero-order chi connectivity index (χ0) is 25.1. The van der Waals surface area contributed by atoms with E-state index in [1.807, 2.05) is 0 Å². The molecule has 0 aliphatic carbocycles. The normalized spacial score (nSPS) is 11.8. The Morgan fingerprint density at radius 2 is 1.79 bits per heavy atom. The van der Waals surface area contributed by atoms with E-state index < -0.39 is 43.9 Å². The van der Waals surface area contributed by atoms with Crippen molar-refractivity contribution in [3.8, 4) is 5.75 Å². The minimum absolute atomic E-state index is 0.0121. The van der Waals surface area contributed by atoms with Crippen molar-refractivity contribution in [1.29, 1.82) is 0 Å². The molecule has 0 saturated heterocycles. The van der Waals surface area contributed by atoms with Crippen LogP contribution in [0.15, 0.2) is 17.0 Å². The number of amides is 1. The number of carboxylic acids is 1. The number of nitrogens with one attached hydrogen (secondary N) is 2. The van der Waals surface area contributed by atoms with Crippen molar-refractivity contribution in [2.75, 3.05) is 11.3 Å². The number of thiophene rings is 1. The molecular formula is C19H21Cl3N2O7S2. The molecule has 9 nitrogen and oxygen atoms in total. The molecule has 0 aliphatic heterocycles. The lowest BCUT2D eigenvalue weighted by atomic mass is 10.0. The Kier molecular flexibility index (Phi) is 8.74. The number of carbonyl (C=O) groups is 2. The molecule has 2 rings (SSSR count). The van der Waals surface area contributed by atoms with E-state index in [9.17, 15) is 28.2 Å². The number of aromatic hydroxyl groups is 1. The summed E-state index contributed by atoms with van der Waals surface area (Å²) in [7, 11) is -4.33. The van der Waals surface area contributed by atoms with Gasteiger partial charge in [0.1, 0.15) is 30.5 Å². The van der Waals surface area contributed by atoms with Gasteiger partial charge in [-0.3, -0.25) is 4.72 Å². The number of rotatable bonds is 8. The first kappa shape index (κ1) is 27.3. The summed E-state index contributed by atoms with van der Waals surface area (Å²) in [5, 5.41) is 22.1. The summed E-state index contributed by atoms with van der Waals surface area (Å²) in [4.78, 5) is 22.8. The summed E-state index contributed by atoms with van der Waals surface area (Å²) in [6, 6.07) is 2.26. The highest BCUT2D eigenvalue weighted by molar-refractivity contribution is 7.93. The predicted molar refractivity (Wildman–Crippen MR) is 128 cm³/mol. The average molecular weight is 560 g/mol. The number of carboxylic acid groups (broad SMARTS) is 1. The zero-order valence-corrected chi connectivity index (χ0v) is 21.6. The third-order valence-corrected chi connectivity index (χ3v) is 8.01. The smallest absolute Gasteiger partial charge is 0.407 e. The Balaban J connectivity index is 2.29. The van der Waals surface area contributed by atoms with Crippen LogP contribution in [-0.4, -0.2) is 42.8 Å². The van der Waals surface area contributed by atoms with Crippen LogP contribution in [0, 0.1) is 0 Å². The van der Waals surface area contributed by atoms with Gasteiger partial charge < -0.3 is 20.3 Å². The fraction of sp³-hybridized carbons (Fsp3) is 0.368. The quantitative estimate of drug-likeness (QED) is 0.318. The molecule has 0 spiro atoms. The Labute approximate surface area is 209 Å². The molecule has 0 aliphatic rings. The number of sulfonamides is 1. The lowest BCUT2D eigenvalue weighted by molar-refractivity contribution is 0.0526. The fourth-order valence-corrected chi connectivity index (χ4v) is 6.64. The average Bonchev–Trinajstić information content (AvgIpc) is 2.91. The Hall–Kier alpha value is -1.92. The van der Waals surface area contributed by atoms with E-state index in [0.29, 0.717) is 0 Å². The Bertz CT molecular complexity index is 1180. The largest absolute Gasteiger partial charge is 0.507 e. The molecule has 0 unspecified atom stereocenters. The number of alkyl carbamates (subject to hydrolysis) is 1. The van der Waals surface area contributed by atoms with Crippen molar-refractivity contribution in [1.82, 2.24) is 5.32 Å². The highest BCUT2D eigenvalue weighted by Gasteiger charge is 2.28. The topological polar surface area (TPSA) is 142 Å². The summed E-state index contributed by atoms with van der Waals surface area (Å²) < 4.78 is 33.0. The van der Waals surface area contributed by atoms with Gasteiger partial charge in [-0.15, -0.1) is 11.3 Å². The molecule has 14 heteroatoms. The summed E-state index contributed by atoms with van der Waals surface area (Å²) in [5.74, 6) is -2.01. The van der Waals surface area contributed by atoms with Gasteiger partial charge in [0.05, 0.1) is 10.7 Å². The number of hydrogen-bond acceptors (Lipinski definition) is 7. The van der Waals surface area contributed by atoms with Crippen LogP contribution in [0.2, 0.25) is 13.7 Å². The molecule has 1 heterocycles. The van der Waals surface area contributed by atoms with Gasteiger partial charge in [0, 0.05) is 12.1 Å². The molecule has 2 aromatic rings. The minimum atomic E-state index is -4.33. The van der Waals surface area contributed by atoms with E-state index in [-0.39, 0.29) is 44.3 Å². The zero-order valence-electron chi connectivity index (χ0n) is 17.7. The van der Waals surface area contributed by atoms with Crippen LogP contribution >= 0.6 is 46.1 Å². The number of carbonyl (C=O) groups excluding carboxylic acids is 1. The van der Waals surface area contributed by atoms with Crippen LogP contribution in [0.4, 0.5) is 10.5 Å². The number of phenols is 1. The second-order valence-corrected chi connectivity index (χ2v) is 11.9. The first-order chi connectivity index (χ1) is 15.1. The lowest BCUT2D eigenvalue weighted by Crippen LogP contribution is -2.33. The number of halogens is 3. The maximum Gasteiger partial charge on any atom is 0.407 e. The van der Waals surface area contributed by atoms with Gasteiger partial charge in [0.15, 0.2) is 0 Å². The van der Waals surface area contributed by atoms with Crippen molar-refractivity contribution in [2.45, 2.75) is 44.1 Å². The van der Waals surface area contributed by atoms with Gasteiger partial charge in [0.2, 0.25) is 0 Å². The van der Waals surface area contributed by atoms with E-state index in [0.717, 1.165) is 17.4 Å². The van der Waals surface area contributed by atoms with Crippen molar-refractivity contribution in [3.63, 3.8) is 0 Å². The van der Waals surface area contributed by atoms with Gasteiger partial charge in [-0.2, -0.15) is 0 Å². The first-order valence-corrected chi connectivity index (χ1v) is 12.8. The first-order valence-electron chi connectivity index (χ1n) is 9.35. The van der Waals surface area contributed by atoms with Gasteiger partial charge in [-0.05, 0) is 45.7 Å². The molecule has 33 heavy (non-hydrogen) atoms. The molecule has 182 valence electrons. The van der Waals surface area contributed by atoms with Crippen LogP contribution in [0.3, 0.4) is 0 Å². The number of aromatic carboxylic acids is 1. The van der Waals surface area contributed by atoms with E-state index in [1.54, 1.807) is 20.8 Å². The van der Waals surface area contributed by atoms with E-state index in [2.05, 4.69) is 10.0 Å².